The molecule has 1 spiro atoms. The second kappa shape index (κ2) is 7.59. The van der Waals surface area contributed by atoms with Crippen molar-refractivity contribution in [3.05, 3.63) is 18.2 Å². The van der Waals surface area contributed by atoms with Gasteiger partial charge in [0.2, 0.25) is 10.0 Å². The van der Waals surface area contributed by atoms with Gasteiger partial charge in [0.1, 0.15) is 5.54 Å². The van der Waals surface area contributed by atoms with Crippen LogP contribution in [0.15, 0.2) is 23.1 Å². The van der Waals surface area contributed by atoms with Crippen LogP contribution in [-0.2, 0) is 14.8 Å². The van der Waals surface area contributed by atoms with E-state index in [4.69, 9.17) is 9.47 Å². The van der Waals surface area contributed by atoms with Gasteiger partial charge >= 0.3 is 6.03 Å². The number of hydrogen-bond acceptors (Lipinski definition) is 6. The largest absolute Gasteiger partial charge is 0.493 e. The molecule has 2 fully saturated rings. The number of carbonyl (C=O) groups is 2. The maximum Gasteiger partial charge on any atom is 0.325 e. The minimum Gasteiger partial charge on any atom is -0.493 e. The van der Waals surface area contributed by atoms with E-state index in [0.29, 0.717) is 24.5 Å². The highest BCUT2D eigenvalue weighted by Gasteiger charge is 2.53. The van der Waals surface area contributed by atoms with Crippen molar-refractivity contribution in [2.75, 3.05) is 33.9 Å². The molecular formula is C18H25N3O6S. The Morgan fingerprint density at radius 3 is 2.32 bits per heavy atom. The van der Waals surface area contributed by atoms with Crippen molar-refractivity contribution in [2.24, 2.45) is 0 Å². The molecule has 2 aliphatic rings. The minimum absolute atomic E-state index is 0.0930. The number of ether oxygens (including phenoxy) is 2. The number of carbonyl (C=O) groups excluding carboxylic acids is 2. The Morgan fingerprint density at radius 1 is 1.11 bits per heavy atom. The van der Waals surface area contributed by atoms with Crippen molar-refractivity contribution in [2.45, 2.75) is 36.6 Å². The molecule has 0 unspecified atom stereocenters. The highest BCUT2D eigenvalue weighted by molar-refractivity contribution is 7.89. The van der Waals surface area contributed by atoms with Gasteiger partial charge in [0.05, 0.1) is 19.1 Å². The van der Waals surface area contributed by atoms with Gasteiger partial charge in [0.25, 0.3) is 5.91 Å². The third-order valence-electron chi connectivity index (χ3n) is 5.26. The van der Waals surface area contributed by atoms with Crippen molar-refractivity contribution in [1.29, 1.82) is 0 Å². The lowest BCUT2D eigenvalue weighted by atomic mass is 9.88. The van der Waals surface area contributed by atoms with Gasteiger partial charge in [0.15, 0.2) is 11.5 Å². The van der Waals surface area contributed by atoms with E-state index in [0.717, 1.165) is 0 Å². The summed E-state index contributed by atoms with van der Waals surface area (Å²) in [5.41, 5.74) is -1.00. The smallest absolute Gasteiger partial charge is 0.325 e. The third kappa shape index (κ3) is 3.30. The normalized spacial score (nSPS) is 19.8. The van der Waals surface area contributed by atoms with Crippen LogP contribution in [0.5, 0.6) is 11.5 Å². The predicted molar refractivity (Wildman–Crippen MR) is 101 cm³/mol. The number of hydrogen-bond donors (Lipinski definition) is 1. The number of methoxy groups -OCH3 is 2. The zero-order chi connectivity index (χ0) is 20.5. The molecule has 0 saturated carbocycles. The van der Waals surface area contributed by atoms with Gasteiger partial charge in [-0.3, -0.25) is 9.69 Å². The van der Waals surface area contributed by atoms with Crippen LogP contribution in [0, 0.1) is 0 Å². The fourth-order valence-corrected chi connectivity index (χ4v) is 5.13. The minimum atomic E-state index is -3.76. The van der Waals surface area contributed by atoms with Crippen LogP contribution in [0.25, 0.3) is 0 Å². The molecule has 10 heteroatoms. The average Bonchev–Trinajstić information content (AvgIpc) is 2.92. The highest BCUT2D eigenvalue weighted by Crippen LogP contribution is 2.34. The van der Waals surface area contributed by atoms with Crippen LogP contribution in [0.1, 0.15) is 26.2 Å². The summed E-state index contributed by atoms with van der Waals surface area (Å²) in [6, 6.07) is 4.03. The molecule has 0 aliphatic carbocycles. The number of urea groups is 1. The molecule has 0 aromatic heterocycles. The van der Waals surface area contributed by atoms with Gasteiger partial charge in [-0.25, -0.2) is 13.2 Å². The Bertz CT molecular complexity index is 877. The summed E-state index contributed by atoms with van der Waals surface area (Å²) >= 11 is 0. The van der Waals surface area contributed by atoms with Crippen molar-refractivity contribution in [3.63, 3.8) is 0 Å². The number of amides is 3. The number of rotatable bonds is 6. The number of benzene rings is 1. The molecular weight excluding hydrogens is 386 g/mol. The Balaban J connectivity index is 1.78. The maximum absolute atomic E-state index is 13.0. The number of imide groups is 1. The first-order valence-electron chi connectivity index (χ1n) is 9.15. The molecule has 1 aromatic carbocycles. The number of nitrogens with one attached hydrogen (secondary N) is 1. The summed E-state index contributed by atoms with van der Waals surface area (Å²) in [7, 11) is -0.844. The average molecular weight is 411 g/mol. The Morgan fingerprint density at radius 2 is 1.75 bits per heavy atom. The molecule has 2 aliphatic heterocycles. The SMILES string of the molecule is CCCN1C(=O)NC2(CCN(S(=O)(=O)c3ccc(OC)c(OC)c3)CC2)C1=O. The molecule has 9 nitrogen and oxygen atoms in total. The fourth-order valence-electron chi connectivity index (χ4n) is 3.68. The van der Waals surface area contributed by atoms with E-state index in [-0.39, 0.29) is 36.7 Å². The van der Waals surface area contributed by atoms with Gasteiger partial charge in [-0.1, -0.05) is 6.92 Å². The first-order valence-corrected chi connectivity index (χ1v) is 10.6. The first kappa shape index (κ1) is 20.4. The molecule has 2 saturated heterocycles. The van der Waals surface area contributed by atoms with E-state index in [1.807, 2.05) is 6.92 Å². The summed E-state index contributed by atoms with van der Waals surface area (Å²) < 4.78 is 37.7. The van der Waals surface area contributed by atoms with E-state index in [1.165, 1.54) is 35.6 Å². The van der Waals surface area contributed by atoms with E-state index < -0.39 is 21.6 Å². The zero-order valence-corrected chi connectivity index (χ0v) is 17.0. The Hall–Kier alpha value is -2.33. The van der Waals surface area contributed by atoms with Crippen molar-refractivity contribution < 1.29 is 27.5 Å². The van der Waals surface area contributed by atoms with Gasteiger partial charge < -0.3 is 14.8 Å². The monoisotopic (exact) mass is 411 g/mol. The number of sulfonamides is 1. The van der Waals surface area contributed by atoms with E-state index in [2.05, 4.69) is 5.32 Å². The van der Waals surface area contributed by atoms with Gasteiger partial charge in [0, 0.05) is 25.7 Å². The quantitative estimate of drug-likeness (QED) is 0.705. The second-order valence-corrected chi connectivity index (χ2v) is 8.83. The molecule has 0 atom stereocenters. The van der Waals surface area contributed by atoms with Crippen LogP contribution in [0.4, 0.5) is 4.79 Å². The fraction of sp³-hybridized carbons (Fsp3) is 0.556. The van der Waals surface area contributed by atoms with Crippen LogP contribution >= 0.6 is 0 Å². The standard InChI is InChI=1S/C18H25N3O6S/c1-4-9-21-16(22)18(19-17(21)23)7-10-20(11-8-18)28(24,25)13-5-6-14(26-2)15(12-13)27-3/h5-6,12H,4,7-11H2,1-3H3,(H,19,23). The lowest BCUT2D eigenvalue weighted by molar-refractivity contribution is -0.132. The predicted octanol–water partition coefficient (Wildman–Crippen LogP) is 1.19. The van der Waals surface area contributed by atoms with Crippen LogP contribution in [0.3, 0.4) is 0 Å². The maximum atomic E-state index is 13.0. The molecule has 28 heavy (non-hydrogen) atoms. The lowest BCUT2D eigenvalue weighted by Crippen LogP contribution is -2.55. The lowest BCUT2D eigenvalue weighted by Gasteiger charge is -2.36. The van der Waals surface area contributed by atoms with Gasteiger partial charge in [-0.15, -0.1) is 0 Å². The second-order valence-electron chi connectivity index (χ2n) is 6.89. The van der Waals surface area contributed by atoms with Crippen LogP contribution in [0.2, 0.25) is 0 Å². The van der Waals surface area contributed by atoms with Crippen LogP contribution in [-0.4, -0.2) is 69.0 Å². The summed E-state index contributed by atoms with van der Waals surface area (Å²) in [6.07, 6.45) is 1.16. The van der Waals surface area contributed by atoms with Gasteiger partial charge in [-0.05, 0) is 31.4 Å². The molecule has 3 rings (SSSR count). The Labute approximate surface area is 164 Å². The van der Waals surface area contributed by atoms with Crippen molar-refractivity contribution in [3.8, 4) is 11.5 Å². The summed E-state index contributed by atoms with van der Waals surface area (Å²) in [5.74, 6) is 0.502. The topological polar surface area (TPSA) is 105 Å². The van der Waals surface area contributed by atoms with Crippen LogP contribution < -0.4 is 14.8 Å². The molecule has 2 heterocycles. The van der Waals surface area contributed by atoms with E-state index in [9.17, 15) is 18.0 Å². The molecule has 0 radical (unpaired) electrons. The highest BCUT2D eigenvalue weighted by atomic mass is 32.2. The molecule has 1 aromatic rings. The van der Waals surface area contributed by atoms with E-state index in [1.54, 1.807) is 6.07 Å². The van der Waals surface area contributed by atoms with Crippen molar-refractivity contribution >= 4 is 22.0 Å². The summed E-state index contributed by atoms with van der Waals surface area (Å²) in [4.78, 5) is 26.1. The summed E-state index contributed by atoms with van der Waals surface area (Å²) in [5, 5.41) is 2.78. The molecule has 154 valence electrons. The summed E-state index contributed by atoms with van der Waals surface area (Å²) in [6.45, 7) is 2.54. The molecule has 0 bridgehead atoms. The molecule has 1 N–H and O–H groups in total. The third-order valence-corrected chi connectivity index (χ3v) is 7.16. The number of nitrogens with zero attached hydrogens (tertiary/aromatic N) is 2. The Kier molecular flexibility index (Phi) is 5.53. The number of piperidine rings is 1. The van der Waals surface area contributed by atoms with Crippen molar-refractivity contribution in [1.82, 2.24) is 14.5 Å². The zero-order valence-electron chi connectivity index (χ0n) is 16.2. The van der Waals surface area contributed by atoms with E-state index >= 15 is 0 Å². The first-order chi connectivity index (χ1) is 13.3. The van der Waals surface area contributed by atoms with Gasteiger partial charge in [-0.2, -0.15) is 4.31 Å². The molecule has 3 amide bonds.